The summed E-state index contributed by atoms with van der Waals surface area (Å²) in [6.45, 7) is 9.87. The van der Waals surface area contributed by atoms with Gasteiger partial charge in [-0.3, -0.25) is 0 Å². The Morgan fingerprint density at radius 1 is 1.05 bits per heavy atom. The normalized spacial score (nSPS) is 11.6. The number of aryl methyl sites for hydroxylation is 1. The van der Waals surface area contributed by atoms with E-state index < -0.39 is 0 Å². The zero-order chi connectivity index (χ0) is 13.7. The van der Waals surface area contributed by atoms with Crippen molar-refractivity contribution in [2.75, 3.05) is 5.32 Å². The third-order valence-corrected chi connectivity index (χ3v) is 3.13. The number of hydrogen-bond donors (Lipinski definition) is 1. The Kier molecular flexibility index (Phi) is 4.19. The predicted octanol–water partition coefficient (Wildman–Crippen LogP) is 4.98. The summed E-state index contributed by atoms with van der Waals surface area (Å²) in [5.74, 6) is 0. The van der Waals surface area contributed by atoms with Gasteiger partial charge in [0.2, 0.25) is 0 Å². The topological polar surface area (TPSA) is 12.0 Å². The van der Waals surface area contributed by atoms with Gasteiger partial charge in [-0.1, -0.05) is 60.7 Å². The molecular formula is C18H19N. The molecule has 2 rings (SSSR count). The summed E-state index contributed by atoms with van der Waals surface area (Å²) in [5, 5.41) is 3.50. The summed E-state index contributed by atoms with van der Waals surface area (Å²) in [7, 11) is 0. The van der Waals surface area contributed by atoms with Crippen molar-refractivity contribution in [3.63, 3.8) is 0 Å². The van der Waals surface area contributed by atoms with Gasteiger partial charge >= 0.3 is 0 Å². The molecule has 96 valence electrons. The van der Waals surface area contributed by atoms with Gasteiger partial charge in [-0.15, -0.1) is 6.58 Å². The van der Waals surface area contributed by atoms with E-state index in [9.17, 15) is 0 Å². The van der Waals surface area contributed by atoms with E-state index in [2.05, 4.69) is 55.7 Å². The van der Waals surface area contributed by atoms with E-state index in [0.717, 1.165) is 11.3 Å². The maximum Gasteiger partial charge on any atom is 0.0695 e. The van der Waals surface area contributed by atoms with Crippen LogP contribution in [0.2, 0.25) is 0 Å². The van der Waals surface area contributed by atoms with Crippen molar-refractivity contribution >= 4 is 11.8 Å². The van der Waals surface area contributed by atoms with E-state index in [-0.39, 0.29) is 6.04 Å². The maximum atomic E-state index is 3.92. The smallest absolute Gasteiger partial charge is 0.0695 e. The molecule has 0 bridgehead atoms. The van der Waals surface area contributed by atoms with Crippen LogP contribution in [0, 0.1) is 6.92 Å². The van der Waals surface area contributed by atoms with Gasteiger partial charge in [0, 0.05) is 5.69 Å². The fourth-order valence-electron chi connectivity index (χ4n) is 2.09. The van der Waals surface area contributed by atoms with Crippen molar-refractivity contribution in [3.8, 4) is 0 Å². The van der Waals surface area contributed by atoms with Crippen LogP contribution in [0.15, 0.2) is 67.8 Å². The van der Waals surface area contributed by atoms with Crippen LogP contribution >= 0.6 is 0 Å². The molecule has 0 radical (unpaired) electrons. The molecule has 0 aliphatic carbocycles. The summed E-state index contributed by atoms with van der Waals surface area (Å²) in [6, 6.07) is 16.7. The summed E-state index contributed by atoms with van der Waals surface area (Å²) in [4.78, 5) is 0. The van der Waals surface area contributed by atoms with E-state index in [4.69, 9.17) is 0 Å². The first-order chi connectivity index (χ1) is 9.24. The zero-order valence-electron chi connectivity index (χ0n) is 11.3. The van der Waals surface area contributed by atoms with E-state index >= 15 is 0 Å². The van der Waals surface area contributed by atoms with Crippen LogP contribution in [0.25, 0.3) is 6.08 Å². The first kappa shape index (κ1) is 13.2. The van der Waals surface area contributed by atoms with Crippen LogP contribution in [0.1, 0.15) is 22.7 Å². The minimum Gasteiger partial charge on any atom is -0.374 e. The van der Waals surface area contributed by atoms with Gasteiger partial charge in [-0.05, 0) is 30.2 Å². The first-order valence-corrected chi connectivity index (χ1v) is 6.41. The Balaban J connectivity index is 2.29. The zero-order valence-corrected chi connectivity index (χ0v) is 11.3. The molecule has 1 atom stereocenters. The molecule has 0 heterocycles. The van der Waals surface area contributed by atoms with Crippen molar-refractivity contribution in [3.05, 3.63) is 84.5 Å². The predicted molar refractivity (Wildman–Crippen MR) is 84.3 cm³/mol. The molecule has 1 N–H and O–H groups in total. The molecule has 1 nitrogen and oxygen atoms in total. The van der Waals surface area contributed by atoms with Crippen LogP contribution in [0.3, 0.4) is 0 Å². The lowest BCUT2D eigenvalue weighted by atomic mass is 10.0. The number of benzene rings is 2. The second kappa shape index (κ2) is 6.05. The SMILES string of the molecule is C=Cc1cc(C)ccc1N[C@@H](C=C)c1ccccc1. The van der Waals surface area contributed by atoms with Crippen molar-refractivity contribution in [1.29, 1.82) is 0 Å². The summed E-state index contributed by atoms with van der Waals surface area (Å²) >= 11 is 0. The standard InChI is InChI=1S/C18H19N/c1-4-15-13-14(3)11-12-18(15)19-17(5-2)16-9-7-6-8-10-16/h4-13,17,19H,1-2H2,3H3/t17-/m0/s1. The number of hydrogen-bond acceptors (Lipinski definition) is 1. The van der Waals surface area contributed by atoms with Crippen LogP contribution in [-0.4, -0.2) is 0 Å². The molecule has 2 aromatic rings. The number of rotatable bonds is 5. The van der Waals surface area contributed by atoms with E-state index in [1.54, 1.807) is 0 Å². The molecule has 0 fully saturated rings. The van der Waals surface area contributed by atoms with E-state index in [0.29, 0.717) is 0 Å². The van der Waals surface area contributed by atoms with Crippen LogP contribution in [-0.2, 0) is 0 Å². The van der Waals surface area contributed by atoms with E-state index in [1.807, 2.05) is 30.4 Å². The van der Waals surface area contributed by atoms with Gasteiger partial charge < -0.3 is 5.32 Å². The van der Waals surface area contributed by atoms with Gasteiger partial charge in [0.05, 0.1) is 6.04 Å². The molecule has 0 aliphatic rings. The highest BCUT2D eigenvalue weighted by atomic mass is 14.9. The van der Waals surface area contributed by atoms with Crippen LogP contribution in [0.4, 0.5) is 5.69 Å². The van der Waals surface area contributed by atoms with E-state index in [1.165, 1.54) is 11.1 Å². The quantitative estimate of drug-likeness (QED) is 0.737. The third-order valence-electron chi connectivity index (χ3n) is 3.13. The average Bonchev–Trinajstić information content (AvgIpc) is 2.46. The fraction of sp³-hybridized carbons (Fsp3) is 0.111. The lowest BCUT2D eigenvalue weighted by Crippen LogP contribution is -2.08. The molecular weight excluding hydrogens is 230 g/mol. The van der Waals surface area contributed by atoms with Crippen LogP contribution < -0.4 is 5.32 Å². The molecule has 1 heteroatoms. The van der Waals surface area contributed by atoms with Crippen molar-refractivity contribution < 1.29 is 0 Å². The Morgan fingerprint density at radius 2 is 1.79 bits per heavy atom. The molecule has 0 saturated carbocycles. The van der Waals surface area contributed by atoms with Crippen LogP contribution in [0.5, 0.6) is 0 Å². The lowest BCUT2D eigenvalue weighted by Gasteiger charge is -2.18. The summed E-state index contributed by atoms with van der Waals surface area (Å²) in [6.07, 6.45) is 3.79. The molecule has 0 aromatic heterocycles. The molecule has 2 aromatic carbocycles. The second-order valence-corrected chi connectivity index (χ2v) is 4.56. The molecule has 0 spiro atoms. The highest BCUT2D eigenvalue weighted by Crippen LogP contribution is 2.25. The van der Waals surface area contributed by atoms with Crippen molar-refractivity contribution in [1.82, 2.24) is 0 Å². The number of nitrogens with one attached hydrogen (secondary N) is 1. The van der Waals surface area contributed by atoms with Gasteiger partial charge in [0.1, 0.15) is 0 Å². The Morgan fingerprint density at radius 3 is 2.42 bits per heavy atom. The monoisotopic (exact) mass is 249 g/mol. The average molecular weight is 249 g/mol. The minimum absolute atomic E-state index is 0.0996. The highest BCUT2D eigenvalue weighted by Gasteiger charge is 2.08. The molecule has 0 aliphatic heterocycles. The molecule has 0 saturated heterocycles. The maximum absolute atomic E-state index is 3.92. The fourth-order valence-corrected chi connectivity index (χ4v) is 2.09. The van der Waals surface area contributed by atoms with Gasteiger partial charge in [0.15, 0.2) is 0 Å². The minimum atomic E-state index is 0.0996. The third kappa shape index (κ3) is 3.14. The molecule has 0 unspecified atom stereocenters. The first-order valence-electron chi connectivity index (χ1n) is 6.41. The van der Waals surface area contributed by atoms with Crippen molar-refractivity contribution in [2.24, 2.45) is 0 Å². The largest absolute Gasteiger partial charge is 0.374 e. The van der Waals surface area contributed by atoms with Gasteiger partial charge in [0.25, 0.3) is 0 Å². The summed E-state index contributed by atoms with van der Waals surface area (Å²) in [5.41, 5.74) is 4.63. The lowest BCUT2D eigenvalue weighted by molar-refractivity contribution is 0.987. The Labute approximate surface area is 115 Å². The molecule has 0 amide bonds. The second-order valence-electron chi connectivity index (χ2n) is 4.56. The molecule has 19 heavy (non-hydrogen) atoms. The van der Waals surface area contributed by atoms with Crippen molar-refractivity contribution in [2.45, 2.75) is 13.0 Å². The Hall–Kier alpha value is -2.28. The van der Waals surface area contributed by atoms with Gasteiger partial charge in [-0.25, -0.2) is 0 Å². The Bertz CT molecular complexity index is 569. The van der Waals surface area contributed by atoms with Gasteiger partial charge in [-0.2, -0.15) is 0 Å². The number of anilines is 1. The summed E-state index contributed by atoms with van der Waals surface area (Å²) < 4.78 is 0. The highest BCUT2D eigenvalue weighted by molar-refractivity contribution is 5.67.